The Morgan fingerprint density at radius 3 is 0.915 bits per heavy atom. The molecule has 25 rings (SSSR count). The average Bonchev–Trinajstić information content (AvgIpc) is 0.927. The van der Waals surface area contributed by atoms with Gasteiger partial charge in [0, 0.05) is 51.0 Å². The predicted octanol–water partition coefficient (Wildman–Crippen LogP) is 22.5. The quantitative estimate of drug-likeness (QED) is 0.163. The fourth-order valence-corrected chi connectivity index (χ4v) is 29.7. The number of benzene rings is 15. The van der Waals surface area contributed by atoms with Crippen LogP contribution in [0, 0.1) is 13.8 Å². The lowest BCUT2D eigenvalue weighted by molar-refractivity contribution is 0.707. The molecule has 0 saturated heterocycles. The molecule has 3 atom stereocenters. The lowest BCUT2D eigenvalue weighted by atomic mass is 9.70. The summed E-state index contributed by atoms with van der Waals surface area (Å²) in [5.74, 6) is 0. The summed E-state index contributed by atoms with van der Waals surface area (Å²) in [4.78, 5) is 8.44. The van der Waals surface area contributed by atoms with Gasteiger partial charge in [0.15, 0.2) is 8.07 Å². The number of hydrogen-bond donors (Lipinski definition) is 0. The Morgan fingerprint density at radius 2 is 0.547 bits per heavy atom. The number of nitrogens with zero attached hydrogens (tertiary/aromatic N) is 3. The second-order valence-electron chi connectivity index (χ2n) is 31.4. The highest BCUT2D eigenvalue weighted by Gasteiger charge is 2.67. The summed E-state index contributed by atoms with van der Waals surface area (Å²) >= 11 is 0. The van der Waals surface area contributed by atoms with E-state index in [0.29, 0.717) is 0 Å². The van der Waals surface area contributed by atoms with Crippen LogP contribution in [0.5, 0.6) is 0 Å². The van der Waals surface area contributed by atoms with Crippen LogP contribution in [0.1, 0.15) is 84.8 Å². The van der Waals surface area contributed by atoms with Crippen LogP contribution in [0.25, 0.3) is 66.8 Å². The van der Waals surface area contributed by atoms with Gasteiger partial charge >= 0.3 is 0 Å². The molecular weight excluding hydrogens is 1300 g/mol. The van der Waals surface area contributed by atoms with Crippen LogP contribution < -0.4 is 30.3 Å². The van der Waals surface area contributed by atoms with Gasteiger partial charge in [-0.3, -0.25) is 0 Å². The molecule has 3 unspecified atom stereocenters. The number of anilines is 7. The number of fused-ring (bicyclic) bond motifs is 30. The highest BCUT2D eigenvalue weighted by molar-refractivity contribution is 7.16. The van der Waals surface area contributed by atoms with Gasteiger partial charge in [0.2, 0.25) is 0 Å². The fraction of sp³-hybridized carbons (Fsp3) is 0.0784. The lowest BCUT2D eigenvalue weighted by Gasteiger charge is -2.62. The van der Waals surface area contributed by atoms with Crippen molar-refractivity contribution in [3.63, 3.8) is 0 Å². The van der Waals surface area contributed by atoms with Crippen molar-refractivity contribution in [3.05, 3.63) is 429 Å². The van der Waals surface area contributed by atoms with E-state index in [-0.39, 0.29) is 11.6 Å². The van der Waals surface area contributed by atoms with E-state index in [0.717, 1.165) is 5.69 Å². The molecule has 4 heteroatoms. The molecule has 0 aromatic heterocycles. The molecule has 3 nitrogen and oxygen atoms in total. The predicted molar refractivity (Wildman–Crippen MR) is 437 cm³/mol. The van der Waals surface area contributed by atoms with Crippen molar-refractivity contribution in [1.82, 2.24) is 0 Å². The van der Waals surface area contributed by atoms with Gasteiger partial charge in [0.1, 0.15) is 0 Å². The zero-order chi connectivity index (χ0) is 69.4. The van der Waals surface area contributed by atoms with Crippen LogP contribution in [0.3, 0.4) is 0 Å². The number of allylic oxidation sites excluding steroid dienone is 2. The summed E-state index contributed by atoms with van der Waals surface area (Å²) < 4.78 is 0. The average molecular weight is 1360 g/mol. The first-order valence-electron chi connectivity index (χ1n) is 37.8. The van der Waals surface area contributed by atoms with E-state index in [1.54, 1.807) is 0 Å². The third-order valence-corrected chi connectivity index (χ3v) is 32.1. The molecule has 3 aliphatic heterocycles. The minimum atomic E-state index is -3.42. The van der Waals surface area contributed by atoms with Crippen LogP contribution in [-0.4, -0.2) is 14.1 Å². The molecule has 0 fully saturated rings. The number of rotatable bonds is 4. The van der Waals surface area contributed by atoms with Gasteiger partial charge in [0.05, 0.1) is 22.3 Å². The van der Waals surface area contributed by atoms with Gasteiger partial charge < -0.3 is 14.7 Å². The third kappa shape index (κ3) is 6.56. The summed E-state index contributed by atoms with van der Waals surface area (Å²) in [6.07, 6.45) is 5.31. The Bertz CT molecular complexity index is 6450. The Hall–Kier alpha value is -12.6. The van der Waals surface area contributed by atoms with E-state index in [1.165, 1.54) is 206 Å². The SMILES string of the molecule is CC1=CC2C3C(=C1)N(c1ccc4c(c1)C1(c5ccccc5-c5ccccc51)c1ccccc1-4)c1cc(C)cc4c1[Si]3(c1ccccc1)c1c(cc(C)cc1N2c1ccc2c(c1)C1(c3ccccc3-c3ccccc31)c1ccccc1-2)N4c1ccc2c(c1)C1(c3ccccc3-c3ccccc31)c1ccccc1-2. The molecule has 0 amide bonds. The van der Waals surface area contributed by atoms with Crippen molar-refractivity contribution >= 4 is 63.4 Å². The van der Waals surface area contributed by atoms with Crippen LogP contribution in [0.15, 0.2) is 351 Å². The standard InChI is InChI=1S/C102H67N3Si/c1-60-51-91-97-92(52-60)104(64-46-49-77-74-34-14-23-43-86(74)101(89(77)58-64)81-38-18-9-29-69(81)70-30-10-19-39-82(70)101)94-54-62(3)56-96-99(94)106(97,66-25-5-4-6-26-66)98-93(103(91)63-45-48-76-73-33-13-22-42-85(73)100(88(76)57-63)79-36-16-7-27-67(79)68-28-8-17-37-80(68)100)53-61(2)55-95(98)105(96)65-47-50-78-75-35-15-24-44-87(75)102(90(78)59-65)83-40-20-11-31-71(83)72-32-12-21-41-84(72)102/h4-59,91,97H,1-3H3. The Kier molecular flexibility index (Phi) is 10.9. The number of hydrogen-bond acceptors (Lipinski definition) is 3. The van der Waals surface area contributed by atoms with E-state index in [1.807, 2.05) is 0 Å². The third-order valence-electron chi connectivity index (χ3n) is 26.7. The Morgan fingerprint density at radius 1 is 0.264 bits per heavy atom. The van der Waals surface area contributed by atoms with Gasteiger partial charge in [-0.2, -0.15) is 0 Å². The lowest BCUT2D eigenvalue weighted by Crippen LogP contribution is -2.80. The maximum Gasteiger partial charge on any atom is 0.170 e. The summed E-state index contributed by atoms with van der Waals surface area (Å²) in [5, 5.41) is 4.37. The number of aryl methyl sites for hydroxylation is 2. The zero-order valence-electron chi connectivity index (χ0n) is 58.8. The molecule has 0 bridgehead atoms. The van der Waals surface area contributed by atoms with E-state index < -0.39 is 24.3 Å². The summed E-state index contributed by atoms with van der Waals surface area (Å²) in [6.45, 7) is 7.11. The van der Waals surface area contributed by atoms with Gasteiger partial charge in [0.25, 0.3) is 0 Å². The van der Waals surface area contributed by atoms with E-state index in [2.05, 4.69) is 375 Å². The molecular formula is C102H67N3Si. The second-order valence-corrected chi connectivity index (χ2v) is 35.2. The Labute approximate surface area is 618 Å². The van der Waals surface area contributed by atoms with Crippen molar-refractivity contribution in [2.24, 2.45) is 0 Å². The molecule has 0 N–H and O–H groups in total. The summed E-state index contributed by atoms with van der Waals surface area (Å²) in [7, 11) is -3.42. The van der Waals surface area contributed by atoms with Crippen molar-refractivity contribution in [2.75, 3.05) is 14.7 Å². The first-order valence-corrected chi connectivity index (χ1v) is 39.9. The smallest absolute Gasteiger partial charge is 0.170 e. The largest absolute Gasteiger partial charge is 0.334 e. The van der Waals surface area contributed by atoms with Crippen LogP contribution in [0.4, 0.5) is 39.8 Å². The van der Waals surface area contributed by atoms with Crippen LogP contribution >= 0.6 is 0 Å². The molecule has 3 spiro atoms. The fourth-order valence-electron chi connectivity index (χ4n) is 23.4. The van der Waals surface area contributed by atoms with Gasteiger partial charge in [-0.15, -0.1) is 0 Å². The highest BCUT2D eigenvalue weighted by Crippen LogP contribution is 2.69. The minimum absolute atomic E-state index is 0.0346. The van der Waals surface area contributed by atoms with Crippen molar-refractivity contribution in [3.8, 4) is 66.8 Å². The molecule has 494 valence electrons. The maximum absolute atomic E-state index is 3.42. The molecule has 15 aromatic carbocycles. The molecule has 106 heavy (non-hydrogen) atoms. The van der Waals surface area contributed by atoms with Crippen LogP contribution in [0.2, 0.25) is 5.54 Å². The van der Waals surface area contributed by atoms with Crippen LogP contribution in [-0.2, 0) is 16.2 Å². The molecule has 15 aromatic rings. The molecule has 7 aliphatic carbocycles. The maximum atomic E-state index is 2.87. The molecule has 0 saturated carbocycles. The highest BCUT2D eigenvalue weighted by atomic mass is 28.3. The summed E-state index contributed by atoms with van der Waals surface area (Å²) in [6, 6.07) is 129. The monoisotopic (exact) mass is 1360 g/mol. The minimum Gasteiger partial charge on any atom is -0.334 e. The van der Waals surface area contributed by atoms with E-state index in [4.69, 9.17) is 0 Å². The van der Waals surface area contributed by atoms with Gasteiger partial charge in [-0.25, -0.2) is 0 Å². The first-order chi connectivity index (χ1) is 52.3. The van der Waals surface area contributed by atoms with Crippen molar-refractivity contribution in [2.45, 2.75) is 48.6 Å². The van der Waals surface area contributed by atoms with E-state index in [9.17, 15) is 0 Å². The topological polar surface area (TPSA) is 9.72 Å². The first kappa shape index (κ1) is 57.9. The van der Waals surface area contributed by atoms with Crippen molar-refractivity contribution in [1.29, 1.82) is 0 Å². The summed E-state index contributed by atoms with van der Waals surface area (Å²) in [5.41, 5.74) is 43.9. The van der Waals surface area contributed by atoms with E-state index >= 15 is 0 Å². The zero-order valence-corrected chi connectivity index (χ0v) is 59.8. The molecule has 0 radical (unpaired) electrons. The molecule has 10 aliphatic rings. The second kappa shape index (κ2) is 20.0. The normalized spacial score (nSPS) is 18.8. The van der Waals surface area contributed by atoms with Gasteiger partial charge in [-0.05, 0) is 248 Å². The molecule has 3 heterocycles. The Balaban J connectivity index is 0.805. The van der Waals surface area contributed by atoms with Crippen molar-refractivity contribution < 1.29 is 0 Å². The van der Waals surface area contributed by atoms with Gasteiger partial charge in [-0.1, -0.05) is 279 Å².